The maximum absolute atomic E-state index is 11.9. The maximum Gasteiger partial charge on any atom is 0.254 e. The van der Waals surface area contributed by atoms with Gasteiger partial charge in [0.25, 0.3) is 5.91 Å². The fourth-order valence-electron chi connectivity index (χ4n) is 2.46. The molecular weight excluding hydrogens is 324 g/mol. The van der Waals surface area contributed by atoms with E-state index in [2.05, 4.69) is 20.5 Å². The van der Waals surface area contributed by atoms with Crippen LogP contribution in [0.5, 0.6) is 0 Å². The highest BCUT2D eigenvalue weighted by Gasteiger charge is 2.12. The molecule has 2 amide bonds. The predicted octanol–water partition coefficient (Wildman–Crippen LogP) is 1.27. The largest absolute Gasteiger partial charge is 0.472 e. The summed E-state index contributed by atoms with van der Waals surface area (Å²) in [7, 11) is 0. The molecule has 0 spiro atoms. The second-order valence-electron chi connectivity index (χ2n) is 5.57. The van der Waals surface area contributed by atoms with Gasteiger partial charge in [0.15, 0.2) is 0 Å². The number of furan rings is 1. The van der Waals surface area contributed by atoms with Gasteiger partial charge in [-0.15, -0.1) is 0 Å². The normalized spacial score (nSPS) is 14.2. The van der Waals surface area contributed by atoms with Gasteiger partial charge in [0.05, 0.1) is 36.9 Å². The number of ether oxygens (including phenoxy) is 1. The lowest BCUT2D eigenvalue weighted by Crippen LogP contribution is -2.36. The van der Waals surface area contributed by atoms with Crippen molar-refractivity contribution in [1.29, 1.82) is 0 Å². The van der Waals surface area contributed by atoms with Crippen molar-refractivity contribution in [1.82, 2.24) is 10.3 Å². The van der Waals surface area contributed by atoms with Crippen LogP contribution in [0.1, 0.15) is 16.8 Å². The first-order valence-electron chi connectivity index (χ1n) is 8.11. The molecule has 2 N–H and O–H groups in total. The van der Waals surface area contributed by atoms with Crippen molar-refractivity contribution in [3.63, 3.8) is 0 Å². The lowest BCUT2D eigenvalue weighted by Gasteiger charge is -2.28. The van der Waals surface area contributed by atoms with Gasteiger partial charge in [0.2, 0.25) is 5.91 Å². The third kappa shape index (κ3) is 4.80. The zero-order valence-electron chi connectivity index (χ0n) is 13.7. The molecule has 25 heavy (non-hydrogen) atoms. The van der Waals surface area contributed by atoms with E-state index >= 15 is 0 Å². The number of anilines is 2. The van der Waals surface area contributed by atoms with Gasteiger partial charge in [-0.25, -0.2) is 4.98 Å². The minimum Gasteiger partial charge on any atom is -0.472 e. The van der Waals surface area contributed by atoms with Crippen LogP contribution in [0.3, 0.4) is 0 Å². The molecule has 1 fully saturated rings. The summed E-state index contributed by atoms with van der Waals surface area (Å²) in [5.74, 6) is 0.0109. The van der Waals surface area contributed by atoms with Crippen LogP contribution in [0.4, 0.5) is 11.5 Å². The summed E-state index contributed by atoms with van der Waals surface area (Å²) in [6, 6.07) is 5.26. The molecule has 0 radical (unpaired) electrons. The highest BCUT2D eigenvalue weighted by Crippen LogP contribution is 2.16. The Balaban J connectivity index is 1.42. The first-order valence-corrected chi connectivity index (χ1v) is 8.11. The van der Waals surface area contributed by atoms with Gasteiger partial charge in [-0.2, -0.15) is 0 Å². The molecule has 8 heteroatoms. The Morgan fingerprint density at radius 2 is 2.04 bits per heavy atom. The second kappa shape index (κ2) is 8.29. The number of pyridine rings is 1. The summed E-state index contributed by atoms with van der Waals surface area (Å²) in [4.78, 5) is 30.1. The molecule has 0 saturated carbocycles. The van der Waals surface area contributed by atoms with Crippen molar-refractivity contribution in [2.75, 3.05) is 43.1 Å². The van der Waals surface area contributed by atoms with Crippen molar-refractivity contribution in [3.8, 4) is 0 Å². The van der Waals surface area contributed by atoms with Gasteiger partial charge in [-0.05, 0) is 18.2 Å². The van der Waals surface area contributed by atoms with Gasteiger partial charge < -0.3 is 24.7 Å². The van der Waals surface area contributed by atoms with Gasteiger partial charge in [-0.1, -0.05) is 0 Å². The van der Waals surface area contributed by atoms with Gasteiger partial charge in [-0.3, -0.25) is 9.59 Å². The topological polar surface area (TPSA) is 96.7 Å². The molecule has 1 aliphatic rings. The highest BCUT2D eigenvalue weighted by molar-refractivity contribution is 5.94. The number of nitrogens with one attached hydrogen (secondary N) is 2. The molecule has 2 aromatic heterocycles. The van der Waals surface area contributed by atoms with E-state index in [4.69, 9.17) is 9.15 Å². The molecule has 2 aromatic rings. The predicted molar refractivity (Wildman–Crippen MR) is 91.6 cm³/mol. The zero-order valence-corrected chi connectivity index (χ0v) is 13.7. The number of hydrogen-bond acceptors (Lipinski definition) is 6. The molecule has 1 aliphatic heterocycles. The fraction of sp³-hybridized carbons (Fsp3) is 0.353. The summed E-state index contributed by atoms with van der Waals surface area (Å²) in [6.07, 6.45) is 4.68. The molecule has 132 valence electrons. The lowest BCUT2D eigenvalue weighted by molar-refractivity contribution is -0.116. The van der Waals surface area contributed by atoms with Crippen LogP contribution in [-0.2, 0) is 9.53 Å². The van der Waals surface area contributed by atoms with Crippen molar-refractivity contribution < 1.29 is 18.7 Å². The van der Waals surface area contributed by atoms with Crippen LogP contribution in [0, 0.1) is 0 Å². The molecule has 8 nitrogen and oxygen atoms in total. The van der Waals surface area contributed by atoms with Crippen LogP contribution < -0.4 is 15.5 Å². The Labute approximate surface area is 145 Å². The van der Waals surface area contributed by atoms with Crippen LogP contribution in [0.25, 0.3) is 0 Å². The third-order valence-electron chi connectivity index (χ3n) is 3.81. The molecule has 1 saturated heterocycles. The second-order valence-corrected chi connectivity index (χ2v) is 5.57. The number of amides is 2. The molecule has 3 rings (SSSR count). The molecule has 3 heterocycles. The Bertz CT molecular complexity index is 694. The minimum absolute atomic E-state index is 0.163. The number of morpholine rings is 1. The van der Waals surface area contributed by atoms with E-state index in [0.717, 1.165) is 18.8 Å². The lowest BCUT2D eigenvalue weighted by atomic mass is 10.3. The number of hydrogen-bond donors (Lipinski definition) is 2. The van der Waals surface area contributed by atoms with Crippen LogP contribution in [0.2, 0.25) is 0 Å². The third-order valence-corrected chi connectivity index (χ3v) is 3.81. The van der Waals surface area contributed by atoms with E-state index in [0.29, 0.717) is 24.6 Å². The minimum atomic E-state index is -0.269. The van der Waals surface area contributed by atoms with E-state index in [1.54, 1.807) is 18.3 Å². The summed E-state index contributed by atoms with van der Waals surface area (Å²) in [5, 5.41) is 5.37. The Morgan fingerprint density at radius 1 is 1.20 bits per heavy atom. The van der Waals surface area contributed by atoms with Gasteiger partial charge in [0, 0.05) is 26.1 Å². The summed E-state index contributed by atoms with van der Waals surface area (Å²) in [5.41, 5.74) is 1.44. The fourth-order valence-corrected chi connectivity index (χ4v) is 2.46. The van der Waals surface area contributed by atoms with Crippen molar-refractivity contribution in [2.24, 2.45) is 0 Å². The molecule has 0 unspecified atom stereocenters. The smallest absolute Gasteiger partial charge is 0.254 e. The average molecular weight is 344 g/mol. The Kier molecular flexibility index (Phi) is 5.63. The molecule has 0 aliphatic carbocycles. The number of nitrogens with zero attached hydrogens (tertiary/aromatic N) is 2. The van der Waals surface area contributed by atoms with Gasteiger partial charge >= 0.3 is 0 Å². The first kappa shape index (κ1) is 17.0. The zero-order chi connectivity index (χ0) is 17.5. The van der Waals surface area contributed by atoms with Crippen molar-refractivity contribution in [3.05, 3.63) is 42.5 Å². The van der Waals surface area contributed by atoms with E-state index < -0.39 is 0 Å². The standard InChI is InChI=1S/C17H20N4O4/c22-16(3-5-18-17(23)13-4-8-25-12-13)20-15-2-1-14(11-19-15)21-6-9-24-10-7-21/h1-2,4,8,11-12H,3,5-7,9-10H2,(H,18,23)(H,19,20,22). The Hall–Kier alpha value is -2.87. The maximum atomic E-state index is 11.9. The van der Waals surface area contributed by atoms with Crippen molar-refractivity contribution in [2.45, 2.75) is 6.42 Å². The molecule has 0 bridgehead atoms. The summed E-state index contributed by atoms with van der Waals surface area (Å²) in [6.45, 7) is 3.33. The van der Waals surface area contributed by atoms with Gasteiger partial charge in [0.1, 0.15) is 12.1 Å². The summed E-state index contributed by atoms with van der Waals surface area (Å²) >= 11 is 0. The Morgan fingerprint density at radius 3 is 2.72 bits per heavy atom. The molecule has 0 aromatic carbocycles. The number of carbonyl (C=O) groups is 2. The highest BCUT2D eigenvalue weighted by atomic mass is 16.5. The first-order chi connectivity index (χ1) is 12.2. The SMILES string of the molecule is O=C(CCNC(=O)c1ccoc1)Nc1ccc(N2CCOCC2)cn1. The quantitative estimate of drug-likeness (QED) is 0.819. The van der Waals surface area contributed by atoms with Crippen LogP contribution in [0.15, 0.2) is 41.3 Å². The number of carbonyl (C=O) groups excluding carboxylic acids is 2. The van der Waals surface area contributed by atoms with E-state index in [1.165, 1.54) is 12.5 Å². The van der Waals surface area contributed by atoms with Crippen LogP contribution >= 0.6 is 0 Å². The molecule has 0 atom stereocenters. The van der Waals surface area contributed by atoms with E-state index in [1.807, 2.05) is 6.07 Å². The number of aromatic nitrogens is 1. The van der Waals surface area contributed by atoms with Crippen LogP contribution in [-0.4, -0.2) is 49.6 Å². The molecular formula is C17H20N4O4. The average Bonchev–Trinajstić information content (AvgIpc) is 3.18. The van der Waals surface area contributed by atoms with Crippen molar-refractivity contribution >= 4 is 23.3 Å². The van der Waals surface area contributed by atoms with E-state index in [9.17, 15) is 9.59 Å². The number of rotatable bonds is 6. The summed E-state index contributed by atoms with van der Waals surface area (Å²) < 4.78 is 10.2. The van der Waals surface area contributed by atoms with E-state index in [-0.39, 0.29) is 24.8 Å². The monoisotopic (exact) mass is 344 g/mol.